The van der Waals surface area contributed by atoms with E-state index in [0.717, 1.165) is 12.3 Å². The summed E-state index contributed by atoms with van der Waals surface area (Å²) in [7, 11) is 0. The van der Waals surface area contributed by atoms with Gasteiger partial charge in [-0.2, -0.15) is 0 Å². The van der Waals surface area contributed by atoms with Gasteiger partial charge in [0, 0.05) is 6.04 Å². The molecule has 2 heterocycles. The third kappa shape index (κ3) is 2.77. The summed E-state index contributed by atoms with van der Waals surface area (Å²) in [4.78, 5) is 12.0. The molecular formula is C15H17N3O3S. The van der Waals surface area contributed by atoms with Crippen LogP contribution >= 0.6 is 11.8 Å². The normalized spacial score (nSPS) is 26.5. The predicted octanol–water partition coefficient (Wildman–Crippen LogP) is 2.73. The Labute approximate surface area is 132 Å². The highest BCUT2D eigenvalue weighted by atomic mass is 32.2. The van der Waals surface area contributed by atoms with E-state index in [1.54, 1.807) is 18.4 Å². The Bertz CT molecular complexity index is 655. The molecule has 3 atom stereocenters. The zero-order valence-electron chi connectivity index (χ0n) is 12.0. The summed E-state index contributed by atoms with van der Waals surface area (Å²) in [6.45, 7) is 0. The molecule has 7 heteroatoms. The molecule has 1 amide bonds. The number of rotatable bonds is 5. The molecule has 2 fully saturated rings. The van der Waals surface area contributed by atoms with Gasteiger partial charge in [-0.3, -0.25) is 4.79 Å². The van der Waals surface area contributed by atoms with Crippen LogP contribution in [0.3, 0.4) is 0 Å². The fourth-order valence-electron chi connectivity index (χ4n) is 3.57. The maximum Gasteiger partial charge on any atom is 0.284 e. The fourth-order valence-corrected chi connectivity index (χ4v) is 4.14. The number of nitrogens with one attached hydrogen (secondary N) is 1. The Kier molecular flexibility index (Phi) is 3.65. The Morgan fingerprint density at radius 2 is 2.32 bits per heavy atom. The van der Waals surface area contributed by atoms with Gasteiger partial charge >= 0.3 is 0 Å². The van der Waals surface area contributed by atoms with Crippen molar-refractivity contribution >= 4 is 17.7 Å². The molecule has 0 unspecified atom stereocenters. The van der Waals surface area contributed by atoms with Gasteiger partial charge in [0.2, 0.25) is 5.91 Å². The standard InChI is InChI=1S/C15H17N3O3S/c19-13(16-11-7-9-3-4-10(11)6-9)8-22-15-18-17-14(21-15)12-2-1-5-20-12/h1-2,5,9-11H,3-4,6-8H2,(H,16,19)/t9-,10-,11+/m0/s1. The number of carbonyl (C=O) groups is 1. The number of aromatic nitrogens is 2. The maximum atomic E-state index is 12.0. The van der Waals surface area contributed by atoms with Crippen molar-refractivity contribution in [1.29, 1.82) is 0 Å². The van der Waals surface area contributed by atoms with Crippen LogP contribution in [0.25, 0.3) is 11.7 Å². The molecule has 2 aliphatic rings. The number of nitrogens with zero attached hydrogens (tertiary/aromatic N) is 2. The SMILES string of the molecule is O=C(CSc1nnc(-c2ccco2)o1)N[C@@H]1C[C@H]2CC[C@H]1C2. The third-order valence-electron chi connectivity index (χ3n) is 4.55. The van der Waals surface area contributed by atoms with Crippen LogP contribution < -0.4 is 5.32 Å². The van der Waals surface area contributed by atoms with Crippen LogP contribution in [0.4, 0.5) is 0 Å². The van der Waals surface area contributed by atoms with E-state index in [1.165, 1.54) is 31.0 Å². The minimum absolute atomic E-state index is 0.0419. The number of carbonyl (C=O) groups excluding carboxylic acids is 1. The molecule has 0 radical (unpaired) electrons. The van der Waals surface area contributed by atoms with Crippen molar-refractivity contribution in [3.63, 3.8) is 0 Å². The van der Waals surface area contributed by atoms with Gasteiger partial charge in [0.1, 0.15) is 0 Å². The molecule has 0 spiro atoms. The van der Waals surface area contributed by atoms with Crippen LogP contribution in [0.2, 0.25) is 0 Å². The van der Waals surface area contributed by atoms with Gasteiger partial charge in [-0.15, -0.1) is 10.2 Å². The zero-order valence-corrected chi connectivity index (χ0v) is 12.8. The lowest BCUT2D eigenvalue weighted by Crippen LogP contribution is -2.39. The van der Waals surface area contributed by atoms with Gasteiger partial charge in [0.05, 0.1) is 12.0 Å². The van der Waals surface area contributed by atoms with Gasteiger partial charge in [0.15, 0.2) is 5.76 Å². The second kappa shape index (κ2) is 5.79. The molecule has 2 aromatic heterocycles. The van der Waals surface area contributed by atoms with E-state index in [2.05, 4.69) is 15.5 Å². The molecule has 4 rings (SSSR count). The van der Waals surface area contributed by atoms with Crippen LogP contribution in [0, 0.1) is 11.8 Å². The second-order valence-corrected chi connectivity index (χ2v) is 6.91. The average Bonchev–Trinajstić information content (AvgIpc) is 3.27. The number of hydrogen-bond donors (Lipinski definition) is 1. The monoisotopic (exact) mass is 319 g/mol. The van der Waals surface area contributed by atoms with Crippen molar-refractivity contribution < 1.29 is 13.6 Å². The highest BCUT2D eigenvalue weighted by molar-refractivity contribution is 7.99. The summed E-state index contributed by atoms with van der Waals surface area (Å²) in [5.74, 6) is 2.72. The molecular weight excluding hydrogens is 302 g/mol. The van der Waals surface area contributed by atoms with E-state index in [4.69, 9.17) is 8.83 Å². The van der Waals surface area contributed by atoms with Crippen LogP contribution in [-0.2, 0) is 4.79 Å². The minimum atomic E-state index is 0.0419. The lowest BCUT2D eigenvalue weighted by molar-refractivity contribution is -0.119. The molecule has 2 aromatic rings. The first-order valence-corrected chi connectivity index (χ1v) is 8.56. The highest BCUT2D eigenvalue weighted by Crippen LogP contribution is 2.44. The molecule has 2 bridgehead atoms. The van der Waals surface area contributed by atoms with Crippen LogP contribution in [0.1, 0.15) is 25.7 Å². The molecule has 2 aliphatic carbocycles. The minimum Gasteiger partial charge on any atom is -0.459 e. The van der Waals surface area contributed by atoms with Crippen molar-refractivity contribution in [2.45, 2.75) is 36.9 Å². The number of thioether (sulfide) groups is 1. The molecule has 2 saturated carbocycles. The number of fused-ring (bicyclic) bond motifs is 2. The predicted molar refractivity (Wildman–Crippen MR) is 80.1 cm³/mol. The summed E-state index contributed by atoms with van der Waals surface area (Å²) >= 11 is 1.26. The smallest absolute Gasteiger partial charge is 0.284 e. The van der Waals surface area contributed by atoms with E-state index < -0.39 is 0 Å². The maximum absolute atomic E-state index is 12.0. The van der Waals surface area contributed by atoms with Gasteiger partial charge < -0.3 is 14.2 Å². The van der Waals surface area contributed by atoms with Crippen LogP contribution in [-0.4, -0.2) is 27.9 Å². The Morgan fingerprint density at radius 1 is 1.36 bits per heavy atom. The van der Waals surface area contributed by atoms with E-state index in [9.17, 15) is 4.79 Å². The topological polar surface area (TPSA) is 81.2 Å². The van der Waals surface area contributed by atoms with Crippen LogP contribution in [0.15, 0.2) is 32.5 Å². The van der Waals surface area contributed by atoms with Gasteiger partial charge in [-0.05, 0) is 43.2 Å². The molecule has 1 N–H and O–H groups in total. The molecule has 6 nitrogen and oxygen atoms in total. The molecule has 0 saturated heterocycles. The summed E-state index contributed by atoms with van der Waals surface area (Å²) in [6, 6.07) is 3.88. The lowest BCUT2D eigenvalue weighted by Gasteiger charge is -2.22. The van der Waals surface area contributed by atoms with E-state index in [1.807, 2.05) is 0 Å². The number of furan rings is 1. The summed E-state index contributed by atoms with van der Waals surface area (Å²) in [5, 5.41) is 11.4. The van der Waals surface area contributed by atoms with E-state index in [0.29, 0.717) is 34.6 Å². The summed E-state index contributed by atoms with van der Waals surface area (Å²) in [5.41, 5.74) is 0. The first-order chi connectivity index (χ1) is 10.8. The average molecular weight is 319 g/mol. The van der Waals surface area contributed by atoms with Crippen molar-refractivity contribution in [1.82, 2.24) is 15.5 Å². The highest BCUT2D eigenvalue weighted by Gasteiger charge is 2.40. The van der Waals surface area contributed by atoms with Crippen molar-refractivity contribution in [2.75, 3.05) is 5.75 Å². The fraction of sp³-hybridized carbons (Fsp3) is 0.533. The Morgan fingerprint density at radius 3 is 3.05 bits per heavy atom. The van der Waals surface area contributed by atoms with E-state index >= 15 is 0 Å². The van der Waals surface area contributed by atoms with Crippen LogP contribution in [0.5, 0.6) is 0 Å². The molecule has 116 valence electrons. The summed E-state index contributed by atoms with van der Waals surface area (Å²) < 4.78 is 10.7. The van der Waals surface area contributed by atoms with Gasteiger partial charge in [-0.1, -0.05) is 18.2 Å². The Hall–Kier alpha value is -1.76. The second-order valence-electron chi connectivity index (χ2n) is 5.99. The van der Waals surface area contributed by atoms with Gasteiger partial charge in [0.25, 0.3) is 11.1 Å². The number of hydrogen-bond acceptors (Lipinski definition) is 6. The summed E-state index contributed by atoms with van der Waals surface area (Å²) in [6.07, 6.45) is 6.58. The van der Waals surface area contributed by atoms with Crippen molar-refractivity contribution in [3.05, 3.63) is 18.4 Å². The van der Waals surface area contributed by atoms with E-state index in [-0.39, 0.29) is 5.91 Å². The zero-order chi connectivity index (χ0) is 14.9. The quantitative estimate of drug-likeness (QED) is 0.853. The third-order valence-corrected chi connectivity index (χ3v) is 5.37. The lowest BCUT2D eigenvalue weighted by atomic mass is 9.95. The molecule has 0 aliphatic heterocycles. The van der Waals surface area contributed by atoms with Crippen molar-refractivity contribution in [2.24, 2.45) is 11.8 Å². The van der Waals surface area contributed by atoms with Crippen molar-refractivity contribution in [3.8, 4) is 11.7 Å². The Balaban J connectivity index is 1.28. The largest absolute Gasteiger partial charge is 0.459 e. The first-order valence-electron chi connectivity index (χ1n) is 7.57. The number of amides is 1. The molecule has 0 aromatic carbocycles. The first kappa shape index (κ1) is 13.9. The van der Waals surface area contributed by atoms with Gasteiger partial charge in [-0.25, -0.2) is 0 Å². The molecule has 22 heavy (non-hydrogen) atoms.